The van der Waals surface area contributed by atoms with Gasteiger partial charge in [-0.2, -0.15) is 0 Å². The molecular formula is C16H13ClN2O3. The van der Waals surface area contributed by atoms with Crippen LogP contribution in [-0.4, -0.2) is 24.2 Å². The van der Waals surface area contributed by atoms with Crippen LogP contribution in [0.3, 0.4) is 0 Å². The fourth-order valence-corrected chi connectivity index (χ4v) is 2.20. The lowest BCUT2D eigenvalue weighted by Crippen LogP contribution is -1.93. The van der Waals surface area contributed by atoms with Gasteiger partial charge in [-0.15, -0.1) is 0 Å². The maximum absolute atomic E-state index is 5.86. The molecule has 112 valence electrons. The molecule has 0 fully saturated rings. The molecule has 0 atom stereocenters. The van der Waals surface area contributed by atoms with Crippen LogP contribution in [0.1, 0.15) is 0 Å². The molecule has 0 saturated carbocycles. The Morgan fingerprint density at radius 1 is 0.909 bits per heavy atom. The zero-order valence-corrected chi connectivity index (χ0v) is 12.8. The van der Waals surface area contributed by atoms with Crippen LogP contribution in [0.15, 0.2) is 42.7 Å². The molecule has 3 rings (SSSR count). The highest BCUT2D eigenvalue weighted by atomic mass is 35.5. The molecule has 0 spiro atoms. The van der Waals surface area contributed by atoms with Crippen LogP contribution >= 0.6 is 11.6 Å². The maximum atomic E-state index is 5.86. The Bertz CT molecular complexity index is 806. The molecule has 2 heterocycles. The number of hydrogen-bond acceptors (Lipinski definition) is 5. The summed E-state index contributed by atoms with van der Waals surface area (Å²) < 4.78 is 16.5. The first-order chi connectivity index (χ1) is 10.7. The normalized spacial score (nSPS) is 10.5. The number of benzene rings is 1. The third-order valence-electron chi connectivity index (χ3n) is 3.13. The molecule has 0 unspecified atom stereocenters. The van der Waals surface area contributed by atoms with Gasteiger partial charge >= 0.3 is 0 Å². The van der Waals surface area contributed by atoms with E-state index in [0.29, 0.717) is 28.2 Å². The summed E-state index contributed by atoms with van der Waals surface area (Å²) in [5.74, 6) is 2.47. The molecule has 0 aliphatic rings. The molecule has 1 aromatic carbocycles. The van der Waals surface area contributed by atoms with Crippen molar-refractivity contribution in [2.75, 3.05) is 14.2 Å². The van der Waals surface area contributed by atoms with E-state index in [0.717, 1.165) is 10.9 Å². The molecule has 3 aromatic rings. The van der Waals surface area contributed by atoms with Gasteiger partial charge in [-0.3, -0.25) is 4.98 Å². The van der Waals surface area contributed by atoms with Crippen molar-refractivity contribution in [2.45, 2.75) is 0 Å². The van der Waals surface area contributed by atoms with E-state index in [9.17, 15) is 0 Å². The van der Waals surface area contributed by atoms with E-state index in [2.05, 4.69) is 9.97 Å². The quantitative estimate of drug-likeness (QED) is 0.678. The predicted octanol–water partition coefficient (Wildman–Crippen LogP) is 4.09. The number of halogens is 1. The Labute approximate surface area is 132 Å². The lowest BCUT2D eigenvalue weighted by atomic mass is 10.2. The standard InChI is InChI=1S/C16H13ClN2O3/c1-20-14-7-11-12(8-15(14)21-2)18-6-5-13(11)22-10-3-4-16(17)19-9-10/h3-9H,1-2H3. The number of nitrogens with zero attached hydrogens (tertiary/aromatic N) is 2. The van der Waals surface area contributed by atoms with E-state index in [1.165, 1.54) is 0 Å². The molecule has 0 saturated heterocycles. The number of ether oxygens (including phenoxy) is 3. The highest BCUT2D eigenvalue weighted by Crippen LogP contribution is 2.36. The van der Waals surface area contributed by atoms with E-state index < -0.39 is 0 Å². The van der Waals surface area contributed by atoms with E-state index in [-0.39, 0.29) is 0 Å². The summed E-state index contributed by atoms with van der Waals surface area (Å²) in [6, 6.07) is 8.84. The first-order valence-electron chi connectivity index (χ1n) is 6.51. The second-order valence-electron chi connectivity index (χ2n) is 4.45. The van der Waals surface area contributed by atoms with Gasteiger partial charge in [-0.05, 0) is 24.3 Å². The molecule has 6 heteroatoms. The van der Waals surface area contributed by atoms with Crippen LogP contribution in [-0.2, 0) is 0 Å². The summed E-state index contributed by atoms with van der Waals surface area (Å²) in [6.45, 7) is 0. The van der Waals surface area contributed by atoms with Crippen LogP contribution in [0, 0.1) is 0 Å². The van der Waals surface area contributed by atoms with Crippen molar-refractivity contribution in [1.82, 2.24) is 9.97 Å². The Kier molecular flexibility index (Phi) is 3.98. The zero-order valence-electron chi connectivity index (χ0n) is 12.0. The van der Waals surface area contributed by atoms with Crippen molar-refractivity contribution >= 4 is 22.5 Å². The van der Waals surface area contributed by atoms with Crippen molar-refractivity contribution in [1.29, 1.82) is 0 Å². The van der Waals surface area contributed by atoms with Crippen molar-refractivity contribution in [3.8, 4) is 23.0 Å². The van der Waals surface area contributed by atoms with Gasteiger partial charge in [-0.1, -0.05) is 11.6 Å². The van der Waals surface area contributed by atoms with Crippen LogP contribution < -0.4 is 14.2 Å². The van der Waals surface area contributed by atoms with Gasteiger partial charge in [-0.25, -0.2) is 4.98 Å². The van der Waals surface area contributed by atoms with Gasteiger partial charge in [0.1, 0.15) is 16.7 Å². The van der Waals surface area contributed by atoms with E-state index in [4.69, 9.17) is 25.8 Å². The summed E-state index contributed by atoms with van der Waals surface area (Å²) >= 11 is 5.78. The first kappa shape index (κ1) is 14.4. The zero-order chi connectivity index (χ0) is 15.5. The van der Waals surface area contributed by atoms with Gasteiger partial charge in [0.25, 0.3) is 0 Å². The minimum absolute atomic E-state index is 0.415. The third-order valence-corrected chi connectivity index (χ3v) is 3.36. The summed E-state index contributed by atoms with van der Waals surface area (Å²) in [7, 11) is 3.17. The molecule has 0 N–H and O–H groups in total. The Morgan fingerprint density at radius 3 is 2.36 bits per heavy atom. The fourth-order valence-electron chi connectivity index (χ4n) is 2.09. The number of methoxy groups -OCH3 is 2. The lowest BCUT2D eigenvalue weighted by molar-refractivity contribution is 0.355. The first-order valence-corrected chi connectivity index (χ1v) is 6.89. The van der Waals surface area contributed by atoms with E-state index in [1.54, 1.807) is 50.9 Å². The monoisotopic (exact) mass is 316 g/mol. The second-order valence-corrected chi connectivity index (χ2v) is 4.84. The highest BCUT2D eigenvalue weighted by Gasteiger charge is 2.11. The highest BCUT2D eigenvalue weighted by molar-refractivity contribution is 6.29. The Balaban J connectivity index is 2.07. The SMILES string of the molecule is COc1cc2nccc(Oc3ccc(Cl)nc3)c2cc1OC. The molecule has 0 aliphatic heterocycles. The van der Waals surface area contributed by atoms with Crippen LogP contribution in [0.2, 0.25) is 5.15 Å². The minimum Gasteiger partial charge on any atom is -0.493 e. The number of fused-ring (bicyclic) bond motifs is 1. The minimum atomic E-state index is 0.415. The summed E-state index contributed by atoms with van der Waals surface area (Å²) in [4.78, 5) is 8.33. The van der Waals surface area contributed by atoms with Crippen LogP contribution in [0.25, 0.3) is 10.9 Å². The van der Waals surface area contributed by atoms with Crippen molar-refractivity contribution < 1.29 is 14.2 Å². The van der Waals surface area contributed by atoms with Crippen LogP contribution in [0.4, 0.5) is 0 Å². The molecule has 0 aliphatic carbocycles. The average Bonchev–Trinajstić information content (AvgIpc) is 2.56. The third kappa shape index (κ3) is 2.76. The number of rotatable bonds is 4. The lowest BCUT2D eigenvalue weighted by Gasteiger charge is -2.12. The van der Waals surface area contributed by atoms with Gasteiger partial charge in [0.05, 0.1) is 25.9 Å². The smallest absolute Gasteiger partial charge is 0.162 e. The largest absolute Gasteiger partial charge is 0.493 e. The van der Waals surface area contributed by atoms with Gasteiger partial charge < -0.3 is 14.2 Å². The molecule has 5 nitrogen and oxygen atoms in total. The Hall–Kier alpha value is -2.53. The van der Waals surface area contributed by atoms with Crippen molar-refractivity contribution in [3.63, 3.8) is 0 Å². The van der Waals surface area contributed by atoms with Gasteiger partial charge in [0.15, 0.2) is 11.5 Å². The molecule has 22 heavy (non-hydrogen) atoms. The van der Waals surface area contributed by atoms with Crippen molar-refractivity contribution in [2.24, 2.45) is 0 Å². The van der Waals surface area contributed by atoms with Gasteiger partial charge in [0.2, 0.25) is 0 Å². The van der Waals surface area contributed by atoms with E-state index >= 15 is 0 Å². The second kappa shape index (κ2) is 6.07. The molecule has 0 bridgehead atoms. The number of hydrogen-bond donors (Lipinski definition) is 0. The van der Waals surface area contributed by atoms with Crippen molar-refractivity contribution in [3.05, 3.63) is 47.9 Å². The molecule has 2 aromatic heterocycles. The summed E-state index contributed by atoms with van der Waals surface area (Å²) in [6.07, 6.45) is 3.24. The average molecular weight is 317 g/mol. The fraction of sp³-hybridized carbons (Fsp3) is 0.125. The Morgan fingerprint density at radius 2 is 1.68 bits per heavy atom. The van der Waals surface area contributed by atoms with Crippen LogP contribution in [0.5, 0.6) is 23.0 Å². The van der Waals surface area contributed by atoms with E-state index in [1.807, 2.05) is 6.07 Å². The molecular weight excluding hydrogens is 304 g/mol. The number of pyridine rings is 2. The topological polar surface area (TPSA) is 53.5 Å². The summed E-state index contributed by atoms with van der Waals surface area (Å²) in [5, 5.41) is 1.23. The predicted molar refractivity (Wildman–Crippen MR) is 84.2 cm³/mol. The van der Waals surface area contributed by atoms with Gasteiger partial charge in [0, 0.05) is 17.6 Å². The maximum Gasteiger partial charge on any atom is 0.162 e. The molecule has 0 amide bonds. The number of aromatic nitrogens is 2. The molecule has 0 radical (unpaired) electrons. The summed E-state index contributed by atoms with van der Waals surface area (Å²) in [5.41, 5.74) is 0.747.